The molecule has 1 unspecified atom stereocenters. The Morgan fingerprint density at radius 3 is 2.94 bits per heavy atom. The first-order valence-electron chi connectivity index (χ1n) is 5.69. The van der Waals surface area contributed by atoms with E-state index in [1.165, 1.54) is 0 Å². The molecule has 1 aromatic carbocycles. The highest BCUT2D eigenvalue weighted by Crippen LogP contribution is 2.32. The van der Waals surface area contributed by atoms with Gasteiger partial charge in [-0.3, -0.25) is 4.79 Å². The summed E-state index contributed by atoms with van der Waals surface area (Å²) >= 11 is 0. The zero-order chi connectivity index (χ0) is 13.0. The first-order chi connectivity index (χ1) is 8.74. The number of nitrogens with zero attached hydrogens (tertiary/aromatic N) is 1. The molecule has 2 rings (SSSR count). The van der Waals surface area contributed by atoms with Crippen LogP contribution in [0.3, 0.4) is 0 Å². The second-order valence-electron chi connectivity index (χ2n) is 4.06. The van der Waals surface area contributed by atoms with Crippen LogP contribution in [0.5, 0.6) is 11.5 Å². The van der Waals surface area contributed by atoms with Gasteiger partial charge in [0.1, 0.15) is 6.07 Å². The quantitative estimate of drug-likeness (QED) is 0.866. The predicted octanol–water partition coefficient (Wildman–Crippen LogP) is 1.20. The van der Waals surface area contributed by atoms with Crippen LogP contribution >= 0.6 is 0 Å². The van der Waals surface area contributed by atoms with Crippen molar-refractivity contribution in [2.75, 3.05) is 20.3 Å². The Balaban J connectivity index is 2.22. The van der Waals surface area contributed by atoms with Gasteiger partial charge in [0, 0.05) is 18.9 Å². The fraction of sp³-hybridized carbons (Fsp3) is 0.385. The molecule has 1 N–H and O–H groups in total. The number of benzene rings is 1. The van der Waals surface area contributed by atoms with Gasteiger partial charge in [0.25, 0.3) is 0 Å². The second kappa shape index (κ2) is 5.41. The zero-order valence-electron chi connectivity index (χ0n) is 10.1. The van der Waals surface area contributed by atoms with Crippen LogP contribution in [0.2, 0.25) is 0 Å². The van der Waals surface area contributed by atoms with Crippen molar-refractivity contribution >= 4 is 5.91 Å². The normalized spacial score (nSPS) is 18.0. The fourth-order valence-electron chi connectivity index (χ4n) is 2.01. The van der Waals surface area contributed by atoms with Gasteiger partial charge in [0.2, 0.25) is 5.91 Å². The lowest BCUT2D eigenvalue weighted by Gasteiger charge is -2.13. The molecule has 1 heterocycles. The number of hydrogen-bond acceptors (Lipinski definition) is 4. The van der Waals surface area contributed by atoms with E-state index in [4.69, 9.17) is 14.7 Å². The lowest BCUT2D eigenvalue weighted by Crippen LogP contribution is -2.13. The van der Waals surface area contributed by atoms with Crippen LogP contribution in [0.15, 0.2) is 18.2 Å². The number of nitriles is 1. The summed E-state index contributed by atoms with van der Waals surface area (Å²) in [4.78, 5) is 11.2. The second-order valence-corrected chi connectivity index (χ2v) is 4.06. The van der Waals surface area contributed by atoms with Gasteiger partial charge in [-0.15, -0.1) is 0 Å². The molecule has 1 aliphatic heterocycles. The molecular weight excluding hydrogens is 232 g/mol. The Bertz CT molecular complexity index is 493. The van der Waals surface area contributed by atoms with Gasteiger partial charge in [0.15, 0.2) is 18.1 Å². The van der Waals surface area contributed by atoms with Gasteiger partial charge in [-0.05, 0) is 17.7 Å². The smallest absolute Gasteiger partial charge is 0.220 e. The van der Waals surface area contributed by atoms with Crippen molar-refractivity contribution in [3.63, 3.8) is 0 Å². The molecule has 94 valence electrons. The molecule has 0 aliphatic carbocycles. The summed E-state index contributed by atoms with van der Waals surface area (Å²) in [5.74, 6) is 1.35. The summed E-state index contributed by atoms with van der Waals surface area (Å²) < 4.78 is 10.5. The molecule has 0 bridgehead atoms. The molecule has 1 amide bonds. The number of rotatable bonds is 4. The highest BCUT2D eigenvalue weighted by molar-refractivity contribution is 5.79. The number of carbonyl (C=O) groups excluding carboxylic acids is 1. The van der Waals surface area contributed by atoms with E-state index in [9.17, 15) is 4.79 Å². The number of nitrogens with one attached hydrogen (secondary N) is 1. The van der Waals surface area contributed by atoms with E-state index in [-0.39, 0.29) is 18.4 Å². The van der Waals surface area contributed by atoms with Gasteiger partial charge >= 0.3 is 0 Å². The Kier molecular flexibility index (Phi) is 3.68. The van der Waals surface area contributed by atoms with E-state index in [1.807, 2.05) is 18.2 Å². The van der Waals surface area contributed by atoms with Crippen LogP contribution in [0, 0.1) is 11.3 Å². The van der Waals surface area contributed by atoms with Crippen LogP contribution in [0.25, 0.3) is 0 Å². The lowest BCUT2D eigenvalue weighted by atomic mass is 9.98. The van der Waals surface area contributed by atoms with E-state index in [0.717, 1.165) is 5.56 Å². The lowest BCUT2D eigenvalue weighted by molar-refractivity contribution is -0.119. The summed E-state index contributed by atoms with van der Waals surface area (Å²) in [6, 6.07) is 7.47. The minimum absolute atomic E-state index is 0.0261. The molecule has 5 nitrogen and oxygen atoms in total. The Labute approximate surface area is 105 Å². The van der Waals surface area contributed by atoms with E-state index >= 15 is 0 Å². The molecule has 0 radical (unpaired) electrons. The molecule has 5 heteroatoms. The van der Waals surface area contributed by atoms with Crippen LogP contribution in [-0.2, 0) is 4.79 Å². The highest BCUT2D eigenvalue weighted by atomic mass is 16.5. The van der Waals surface area contributed by atoms with Crippen molar-refractivity contribution in [2.24, 2.45) is 0 Å². The van der Waals surface area contributed by atoms with E-state index in [0.29, 0.717) is 24.5 Å². The number of hydrogen-bond donors (Lipinski definition) is 1. The number of amides is 1. The molecule has 1 aromatic rings. The molecule has 1 aliphatic rings. The maximum absolute atomic E-state index is 11.2. The molecule has 0 saturated carbocycles. The molecule has 1 atom stereocenters. The monoisotopic (exact) mass is 246 g/mol. The standard InChI is InChI=1S/C13H14N2O3/c1-17-11-3-2-9(6-12(11)18-5-4-14)10-7-13(16)15-8-10/h2-3,6,10H,5,7-8H2,1H3,(H,15,16). The third-order valence-corrected chi connectivity index (χ3v) is 2.93. The van der Waals surface area contributed by atoms with Crippen LogP contribution in [0.4, 0.5) is 0 Å². The third-order valence-electron chi connectivity index (χ3n) is 2.93. The summed E-state index contributed by atoms with van der Waals surface area (Å²) in [5.41, 5.74) is 1.02. The van der Waals surface area contributed by atoms with Crippen molar-refractivity contribution in [3.05, 3.63) is 23.8 Å². The SMILES string of the molecule is COc1ccc(C2CNC(=O)C2)cc1OCC#N. The van der Waals surface area contributed by atoms with Crippen LogP contribution in [0.1, 0.15) is 17.9 Å². The molecule has 0 aromatic heterocycles. The minimum atomic E-state index is -0.0261. The third kappa shape index (κ3) is 2.54. The summed E-state index contributed by atoms with van der Waals surface area (Å²) in [6.45, 7) is 0.616. The van der Waals surface area contributed by atoms with Gasteiger partial charge in [0.05, 0.1) is 7.11 Å². The summed E-state index contributed by atoms with van der Waals surface area (Å²) in [5, 5.41) is 11.3. The molecule has 18 heavy (non-hydrogen) atoms. The van der Waals surface area contributed by atoms with Crippen molar-refractivity contribution < 1.29 is 14.3 Å². The van der Waals surface area contributed by atoms with E-state index in [2.05, 4.69) is 5.32 Å². The van der Waals surface area contributed by atoms with Gasteiger partial charge in [-0.1, -0.05) is 6.07 Å². The van der Waals surface area contributed by atoms with Crippen molar-refractivity contribution in [2.45, 2.75) is 12.3 Å². The maximum Gasteiger partial charge on any atom is 0.220 e. The molecular formula is C13H14N2O3. The Hall–Kier alpha value is -2.22. The first kappa shape index (κ1) is 12.2. The average Bonchev–Trinajstić information content (AvgIpc) is 2.82. The molecule has 1 saturated heterocycles. The maximum atomic E-state index is 11.2. The van der Waals surface area contributed by atoms with Gasteiger partial charge in [-0.2, -0.15) is 5.26 Å². The summed E-state index contributed by atoms with van der Waals surface area (Å²) in [6.07, 6.45) is 0.490. The Morgan fingerprint density at radius 2 is 2.33 bits per heavy atom. The number of methoxy groups -OCH3 is 1. The number of carbonyl (C=O) groups is 1. The minimum Gasteiger partial charge on any atom is -0.493 e. The van der Waals surface area contributed by atoms with Crippen molar-refractivity contribution in [1.29, 1.82) is 5.26 Å². The van der Waals surface area contributed by atoms with Crippen molar-refractivity contribution in [3.8, 4) is 17.6 Å². The fourth-order valence-corrected chi connectivity index (χ4v) is 2.01. The van der Waals surface area contributed by atoms with Crippen LogP contribution in [-0.4, -0.2) is 26.2 Å². The zero-order valence-corrected chi connectivity index (χ0v) is 10.1. The van der Waals surface area contributed by atoms with E-state index in [1.54, 1.807) is 13.2 Å². The Morgan fingerprint density at radius 1 is 1.50 bits per heavy atom. The van der Waals surface area contributed by atoms with Crippen LogP contribution < -0.4 is 14.8 Å². The molecule has 1 fully saturated rings. The largest absolute Gasteiger partial charge is 0.493 e. The number of ether oxygens (including phenoxy) is 2. The predicted molar refractivity (Wildman–Crippen MR) is 64.5 cm³/mol. The van der Waals surface area contributed by atoms with Gasteiger partial charge < -0.3 is 14.8 Å². The van der Waals surface area contributed by atoms with Crippen molar-refractivity contribution in [1.82, 2.24) is 5.32 Å². The van der Waals surface area contributed by atoms with E-state index < -0.39 is 0 Å². The first-order valence-corrected chi connectivity index (χ1v) is 5.69. The molecule has 0 spiro atoms. The topological polar surface area (TPSA) is 71.3 Å². The van der Waals surface area contributed by atoms with Gasteiger partial charge in [-0.25, -0.2) is 0 Å². The summed E-state index contributed by atoms with van der Waals surface area (Å²) in [7, 11) is 1.55. The highest BCUT2D eigenvalue weighted by Gasteiger charge is 2.23. The average molecular weight is 246 g/mol.